The number of nitrogens with zero attached hydrogens (tertiary/aromatic N) is 1. The van der Waals surface area contributed by atoms with Crippen molar-refractivity contribution in [2.24, 2.45) is 5.73 Å². The lowest BCUT2D eigenvalue weighted by molar-refractivity contribution is -0.157. The summed E-state index contributed by atoms with van der Waals surface area (Å²) in [5.74, 6) is 0. The quantitative estimate of drug-likeness (QED) is 0.872. The first-order valence-corrected chi connectivity index (χ1v) is 8.11. The lowest BCUT2D eigenvalue weighted by atomic mass is 9.85. The summed E-state index contributed by atoms with van der Waals surface area (Å²) in [6, 6.07) is 8.88. The molecule has 6 heteroatoms. The van der Waals surface area contributed by atoms with Gasteiger partial charge in [0.1, 0.15) is 6.04 Å². The van der Waals surface area contributed by atoms with Crippen molar-refractivity contribution in [1.82, 2.24) is 10.2 Å². The molecule has 0 aromatic heterocycles. The predicted molar refractivity (Wildman–Crippen MR) is 86.1 cm³/mol. The molecule has 0 aliphatic carbocycles. The van der Waals surface area contributed by atoms with E-state index in [-0.39, 0.29) is 12.6 Å². The largest absolute Gasteiger partial charge is 0.403 e. The Morgan fingerprint density at radius 1 is 1.17 bits per heavy atom. The second-order valence-corrected chi connectivity index (χ2v) is 6.51. The minimum Gasteiger partial charge on any atom is -0.329 e. The Labute approximate surface area is 136 Å². The zero-order chi connectivity index (χ0) is 17.1. The number of hydrogen-bond donors (Lipinski definition) is 2. The molecule has 3 nitrogen and oxygen atoms in total. The Morgan fingerprint density at radius 3 is 2.22 bits per heavy atom. The van der Waals surface area contributed by atoms with Crippen LogP contribution >= 0.6 is 0 Å². The summed E-state index contributed by atoms with van der Waals surface area (Å²) in [6.45, 7) is 5.00. The zero-order valence-corrected chi connectivity index (χ0v) is 13.7. The fourth-order valence-corrected chi connectivity index (χ4v) is 3.23. The highest BCUT2D eigenvalue weighted by Crippen LogP contribution is 2.30. The standard InChI is InChI=1S/C17H26F3N3/c1-13(15-6-4-3-5-7-15)23-10-8-16(12-21,9-11-23)22-14(2)17(18,19)20/h3-7,13-14,22H,8-12,21H2,1-2H3. The third-order valence-corrected chi connectivity index (χ3v) is 4.99. The molecule has 1 heterocycles. The van der Waals surface area contributed by atoms with Crippen LogP contribution in [0.5, 0.6) is 0 Å². The highest BCUT2D eigenvalue weighted by molar-refractivity contribution is 5.18. The van der Waals surface area contributed by atoms with Gasteiger partial charge in [0.25, 0.3) is 0 Å². The van der Waals surface area contributed by atoms with E-state index in [9.17, 15) is 13.2 Å². The van der Waals surface area contributed by atoms with Gasteiger partial charge < -0.3 is 5.73 Å². The lowest BCUT2D eigenvalue weighted by Gasteiger charge is -2.45. The molecule has 1 aromatic rings. The summed E-state index contributed by atoms with van der Waals surface area (Å²) < 4.78 is 38.5. The van der Waals surface area contributed by atoms with Gasteiger partial charge in [-0.25, -0.2) is 0 Å². The van der Waals surface area contributed by atoms with Gasteiger partial charge in [-0.3, -0.25) is 10.2 Å². The van der Waals surface area contributed by atoms with Crippen LogP contribution in [0.2, 0.25) is 0 Å². The van der Waals surface area contributed by atoms with Crippen LogP contribution in [-0.4, -0.2) is 42.3 Å². The summed E-state index contributed by atoms with van der Waals surface area (Å²) in [4.78, 5) is 2.31. The summed E-state index contributed by atoms with van der Waals surface area (Å²) >= 11 is 0. The molecule has 1 aliphatic rings. The molecule has 1 aromatic carbocycles. The average molecular weight is 329 g/mol. The maximum absolute atomic E-state index is 12.8. The molecule has 0 saturated carbocycles. The number of halogens is 3. The zero-order valence-electron chi connectivity index (χ0n) is 13.7. The van der Waals surface area contributed by atoms with Crippen LogP contribution in [0.3, 0.4) is 0 Å². The van der Waals surface area contributed by atoms with Crippen LogP contribution < -0.4 is 11.1 Å². The van der Waals surface area contributed by atoms with Gasteiger partial charge in [0, 0.05) is 31.2 Å². The number of alkyl halides is 3. The van der Waals surface area contributed by atoms with Gasteiger partial charge in [-0.05, 0) is 32.3 Å². The Balaban J connectivity index is 1.98. The SMILES string of the molecule is CC(c1ccccc1)N1CCC(CN)(NC(C)C(F)(F)F)CC1. The normalized spacial score (nSPS) is 21.8. The van der Waals surface area contributed by atoms with Crippen molar-refractivity contribution in [2.45, 2.75) is 50.5 Å². The first-order chi connectivity index (χ1) is 10.8. The Morgan fingerprint density at radius 2 is 1.74 bits per heavy atom. The fourth-order valence-electron chi connectivity index (χ4n) is 3.23. The van der Waals surface area contributed by atoms with Crippen molar-refractivity contribution in [3.8, 4) is 0 Å². The number of nitrogens with two attached hydrogens (primary N) is 1. The van der Waals surface area contributed by atoms with Crippen LogP contribution in [0.25, 0.3) is 0 Å². The van der Waals surface area contributed by atoms with Gasteiger partial charge in [0.2, 0.25) is 0 Å². The second kappa shape index (κ2) is 7.20. The molecule has 1 aliphatic heterocycles. The van der Waals surface area contributed by atoms with E-state index in [1.54, 1.807) is 0 Å². The molecule has 1 saturated heterocycles. The third-order valence-electron chi connectivity index (χ3n) is 4.99. The van der Waals surface area contributed by atoms with Gasteiger partial charge in [-0.15, -0.1) is 0 Å². The number of rotatable bonds is 5. The van der Waals surface area contributed by atoms with Crippen molar-refractivity contribution in [3.63, 3.8) is 0 Å². The van der Waals surface area contributed by atoms with Crippen molar-refractivity contribution in [3.05, 3.63) is 35.9 Å². The Hall–Kier alpha value is -1.11. The molecule has 0 bridgehead atoms. The number of hydrogen-bond acceptors (Lipinski definition) is 3. The predicted octanol–water partition coefficient (Wildman–Crippen LogP) is 3.08. The maximum atomic E-state index is 12.8. The number of likely N-dealkylation sites (tertiary alicyclic amines) is 1. The van der Waals surface area contributed by atoms with E-state index in [1.807, 2.05) is 18.2 Å². The van der Waals surface area contributed by atoms with Gasteiger partial charge in [0.15, 0.2) is 0 Å². The smallest absolute Gasteiger partial charge is 0.329 e. The van der Waals surface area contributed by atoms with E-state index in [4.69, 9.17) is 5.73 Å². The monoisotopic (exact) mass is 329 g/mol. The van der Waals surface area contributed by atoms with Gasteiger partial charge in [-0.2, -0.15) is 13.2 Å². The molecule has 0 spiro atoms. The van der Waals surface area contributed by atoms with Crippen molar-refractivity contribution < 1.29 is 13.2 Å². The van der Waals surface area contributed by atoms with Gasteiger partial charge >= 0.3 is 6.18 Å². The Bertz CT molecular complexity index is 482. The van der Waals surface area contributed by atoms with E-state index in [0.717, 1.165) is 20.0 Å². The molecule has 2 unspecified atom stereocenters. The maximum Gasteiger partial charge on any atom is 0.403 e. The summed E-state index contributed by atoms with van der Waals surface area (Å²) in [6.07, 6.45) is -2.99. The van der Waals surface area contributed by atoms with E-state index in [1.165, 1.54) is 5.56 Å². The molecule has 3 N–H and O–H groups in total. The fraction of sp³-hybridized carbons (Fsp3) is 0.647. The van der Waals surface area contributed by atoms with Crippen LogP contribution in [0.15, 0.2) is 30.3 Å². The van der Waals surface area contributed by atoms with Gasteiger partial charge in [-0.1, -0.05) is 30.3 Å². The van der Waals surface area contributed by atoms with Crippen molar-refractivity contribution >= 4 is 0 Å². The molecular weight excluding hydrogens is 303 g/mol. The highest BCUT2D eigenvalue weighted by Gasteiger charge is 2.43. The molecule has 2 atom stereocenters. The first kappa shape index (κ1) is 18.2. The molecule has 0 radical (unpaired) electrons. The Kier molecular flexibility index (Phi) is 5.70. The third kappa shape index (κ3) is 4.46. The molecule has 2 rings (SSSR count). The van der Waals surface area contributed by atoms with Crippen molar-refractivity contribution in [2.75, 3.05) is 19.6 Å². The lowest BCUT2D eigenvalue weighted by Crippen LogP contribution is -2.62. The summed E-state index contributed by atoms with van der Waals surface area (Å²) in [5.41, 5.74) is 6.42. The van der Waals surface area contributed by atoms with E-state index in [2.05, 4.69) is 29.3 Å². The first-order valence-electron chi connectivity index (χ1n) is 8.11. The van der Waals surface area contributed by atoms with E-state index >= 15 is 0 Å². The number of benzene rings is 1. The summed E-state index contributed by atoms with van der Waals surface area (Å²) in [7, 11) is 0. The van der Waals surface area contributed by atoms with Crippen LogP contribution in [0.1, 0.15) is 38.3 Å². The number of nitrogens with one attached hydrogen (secondary N) is 1. The van der Waals surface area contributed by atoms with E-state index < -0.39 is 17.8 Å². The molecule has 23 heavy (non-hydrogen) atoms. The minimum absolute atomic E-state index is 0.223. The minimum atomic E-state index is -4.24. The number of piperidine rings is 1. The molecule has 0 amide bonds. The van der Waals surface area contributed by atoms with Crippen LogP contribution in [0.4, 0.5) is 13.2 Å². The topological polar surface area (TPSA) is 41.3 Å². The van der Waals surface area contributed by atoms with Crippen molar-refractivity contribution in [1.29, 1.82) is 0 Å². The highest BCUT2D eigenvalue weighted by atomic mass is 19.4. The van der Waals surface area contributed by atoms with Gasteiger partial charge in [0.05, 0.1) is 0 Å². The van der Waals surface area contributed by atoms with Crippen LogP contribution in [-0.2, 0) is 0 Å². The van der Waals surface area contributed by atoms with E-state index in [0.29, 0.717) is 12.8 Å². The summed E-state index contributed by atoms with van der Waals surface area (Å²) in [5, 5.41) is 2.74. The second-order valence-electron chi connectivity index (χ2n) is 6.51. The molecule has 130 valence electrons. The average Bonchev–Trinajstić information content (AvgIpc) is 2.55. The van der Waals surface area contributed by atoms with Crippen LogP contribution in [0, 0.1) is 0 Å². The molecular formula is C17H26F3N3. The molecule has 1 fully saturated rings.